The smallest absolute Gasteiger partial charge is 0.330 e. The average molecular weight is 699 g/mol. The highest BCUT2D eigenvalue weighted by molar-refractivity contribution is 8.76. The lowest BCUT2D eigenvalue weighted by Gasteiger charge is -2.20. The predicted octanol–water partition coefficient (Wildman–Crippen LogP) is -3.23. The van der Waals surface area contributed by atoms with Crippen molar-refractivity contribution in [3.63, 3.8) is 0 Å². The lowest BCUT2D eigenvalue weighted by atomic mass is 10.1. The van der Waals surface area contributed by atoms with Crippen LogP contribution in [0.5, 0.6) is 0 Å². The van der Waals surface area contributed by atoms with Crippen LogP contribution in [-0.4, -0.2) is 128 Å². The van der Waals surface area contributed by atoms with Crippen molar-refractivity contribution in [2.75, 3.05) is 24.6 Å². The van der Waals surface area contributed by atoms with Gasteiger partial charge in [0.05, 0.1) is 0 Å². The summed E-state index contributed by atoms with van der Waals surface area (Å²) in [6.45, 7) is 3.12. The summed E-state index contributed by atoms with van der Waals surface area (Å²) in [7, 11) is 1.89. The summed E-state index contributed by atoms with van der Waals surface area (Å²) in [5.41, 5.74) is 10.9. The molecular weight excluding hydrogens is 660 g/mol. The summed E-state index contributed by atoms with van der Waals surface area (Å²) in [4.78, 5) is 102. The second kappa shape index (κ2) is 23.9. The van der Waals surface area contributed by atoms with Crippen molar-refractivity contribution >= 4 is 75.1 Å². The van der Waals surface area contributed by atoms with Crippen molar-refractivity contribution in [1.82, 2.24) is 21.3 Å². The molecule has 0 radical (unpaired) electrons. The third-order valence-electron chi connectivity index (χ3n) is 5.05. The fourth-order valence-corrected chi connectivity index (χ4v) is 4.85. The van der Waals surface area contributed by atoms with E-state index >= 15 is 0 Å². The Kier molecular flexibility index (Phi) is 22.7. The van der Waals surface area contributed by atoms with E-state index in [9.17, 15) is 43.2 Å². The molecule has 4 amide bonds. The topological polar surface area (TPSA) is 355 Å². The fourth-order valence-electron chi connectivity index (χ4n) is 2.52. The predicted molar refractivity (Wildman–Crippen MR) is 162 cm³/mol. The van der Waals surface area contributed by atoms with Crippen LogP contribution in [0.1, 0.15) is 32.6 Å². The number of hydrogen-bond donors (Lipinski definition) is 11. The molecule has 20 nitrogen and oxygen atoms in total. The van der Waals surface area contributed by atoms with Crippen LogP contribution in [-0.2, 0) is 43.2 Å². The van der Waals surface area contributed by atoms with E-state index in [1.807, 2.05) is 0 Å². The largest absolute Gasteiger partial charge is 0.480 e. The van der Waals surface area contributed by atoms with Crippen LogP contribution in [0.25, 0.3) is 0 Å². The molecule has 13 N–H and O–H groups in total. The zero-order chi connectivity index (χ0) is 36.0. The molecule has 0 aromatic heterocycles. The van der Waals surface area contributed by atoms with Gasteiger partial charge in [-0.1, -0.05) is 28.2 Å². The number of carboxylic acid groups (broad SMARTS) is 5. The number of carbonyl (C=O) groups is 9. The minimum Gasteiger partial charge on any atom is -0.480 e. The van der Waals surface area contributed by atoms with Gasteiger partial charge >= 0.3 is 29.8 Å². The number of carbonyl (C=O) groups excluding carboxylic acids is 4. The van der Waals surface area contributed by atoms with Crippen LogP contribution in [0.15, 0.2) is 12.2 Å². The second-order valence-electron chi connectivity index (χ2n) is 9.08. The van der Waals surface area contributed by atoms with Gasteiger partial charge in [-0.2, -0.15) is 0 Å². The van der Waals surface area contributed by atoms with Gasteiger partial charge in [-0.05, 0) is 19.8 Å². The van der Waals surface area contributed by atoms with Gasteiger partial charge < -0.3 is 58.3 Å². The van der Waals surface area contributed by atoms with E-state index in [0.717, 1.165) is 21.6 Å². The van der Waals surface area contributed by atoms with Crippen molar-refractivity contribution in [3.8, 4) is 0 Å². The van der Waals surface area contributed by atoms with Crippen molar-refractivity contribution in [2.45, 2.75) is 56.8 Å². The van der Waals surface area contributed by atoms with Crippen molar-refractivity contribution in [2.24, 2.45) is 11.5 Å². The van der Waals surface area contributed by atoms with Gasteiger partial charge in [0.1, 0.15) is 37.3 Å². The maximum atomic E-state index is 12.4. The molecule has 0 heterocycles. The number of amides is 4. The molecule has 0 saturated heterocycles. The van der Waals surface area contributed by atoms with Crippen LogP contribution in [0.4, 0.5) is 0 Å². The molecule has 0 aromatic rings. The maximum Gasteiger partial charge on any atom is 0.330 e. The van der Waals surface area contributed by atoms with Crippen LogP contribution in [0, 0.1) is 0 Å². The summed E-state index contributed by atoms with van der Waals surface area (Å²) in [5, 5.41) is 51.9. The first-order chi connectivity index (χ1) is 21.3. The molecule has 0 unspecified atom stereocenters. The Hall–Kier alpha value is -4.41. The lowest BCUT2D eigenvalue weighted by Crippen LogP contribution is -2.50. The Bertz CT molecular complexity index is 1050. The lowest BCUT2D eigenvalue weighted by molar-refractivity contribution is -0.140. The SMILES string of the molecule is C=C(C)C(=O)O.N[C@@H](CCC(=O)N[C@@H](CSSC[C@H](NC(=O)CC[C@H](N)C(=O)O)C(=O)NCC(=O)O)C(=O)NCC(=O)O)C(=O)O. The highest BCUT2D eigenvalue weighted by Crippen LogP contribution is 2.23. The standard InChI is InChI=1S/C20H32N6O12S2.C4H6O2/c21-9(19(35)36)1-3-13(27)25-11(17(33)23-5-15(29)30)7-39-40-8-12(18(34)24-6-16(31)32)26-14(28)4-2-10(22)20(37)38;1-3(2)4(5)6/h9-12H,1-8,21-22H2,(H,23,33)(H,24,34)(H,25,27)(H,26,28)(H,29,30)(H,31,32)(H,35,36)(H,37,38);1H2,2H3,(H,5,6)/t9-,10-,11-,12-;/m0./s1. The Balaban J connectivity index is 0. The molecule has 22 heteroatoms. The molecule has 0 rings (SSSR count). The van der Waals surface area contributed by atoms with Crippen molar-refractivity contribution in [3.05, 3.63) is 12.2 Å². The highest BCUT2D eigenvalue weighted by Gasteiger charge is 2.25. The first-order valence-electron chi connectivity index (χ1n) is 13.0. The average Bonchev–Trinajstić information content (AvgIpc) is 2.96. The Morgan fingerprint density at radius 2 is 0.957 bits per heavy atom. The van der Waals surface area contributed by atoms with Gasteiger partial charge in [0.2, 0.25) is 23.6 Å². The molecular formula is C24H38N6O14S2. The summed E-state index contributed by atoms with van der Waals surface area (Å²) >= 11 is 0. The van der Waals surface area contributed by atoms with Crippen LogP contribution in [0.3, 0.4) is 0 Å². The van der Waals surface area contributed by atoms with E-state index in [0.29, 0.717) is 0 Å². The Morgan fingerprint density at radius 1 is 0.652 bits per heavy atom. The van der Waals surface area contributed by atoms with Gasteiger partial charge in [0.25, 0.3) is 0 Å². The molecule has 0 aliphatic rings. The molecule has 0 bridgehead atoms. The molecule has 0 fully saturated rings. The third kappa shape index (κ3) is 23.0. The van der Waals surface area contributed by atoms with Gasteiger partial charge in [-0.25, -0.2) is 4.79 Å². The van der Waals surface area contributed by atoms with Gasteiger partial charge in [-0.3, -0.25) is 38.4 Å². The van der Waals surface area contributed by atoms with Crippen LogP contribution < -0.4 is 32.7 Å². The number of nitrogens with one attached hydrogen (secondary N) is 4. The summed E-state index contributed by atoms with van der Waals surface area (Å²) in [5.74, 6) is -9.75. The van der Waals surface area contributed by atoms with Crippen LogP contribution in [0.2, 0.25) is 0 Å². The number of aliphatic carboxylic acids is 5. The van der Waals surface area contributed by atoms with Crippen LogP contribution >= 0.6 is 21.6 Å². The first-order valence-corrected chi connectivity index (χ1v) is 15.4. The number of nitrogens with two attached hydrogens (primary N) is 2. The molecule has 0 aliphatic heterocycles. The maximum absolute atomic E-state index is 12.4. The number of rotatable bonds is 22. The first kappa shape index (κ1) is 43.7. The fraction of sp³-hybridized carbons (Fsp3) is 0.542. The zero-order valence-corrected chi connectivity index (χ0v) is 26.2. The van der Waals surface area contributed by atoms with E-state index in [4.69, 9.17) is 37.0 Å². The van der Waals surface area contributed by atoms with E-state index in [1.54, 1.807) is 0 Å². The number of carboxylic acids is 5. The third-order valence-corrected chi connectivity index (χ3v) is 7.47. The Morgan fingerprint density at radius 3 is 1.20 bits per heavy atom. The molecule has 0 saturated carbocycles. The van der Waals surface area contributed by atoms with E-state index < -0.39 is 90.7 Å². The van der Waals surface area contributed by atoms with Crippen molar-refractivity contribution < 1.29 is 68.7 Å². The number of hydrogen-bond acceptors (Lipinski definition) is 13. The van der Waals surface area contributed by atoms with Gasteiger partial charge in [0.15, 0.2) is 0 Å². The molecule has 0 spiro atoms. The zero-order valence-electron chi connectivity index (χ0n) is 24.6. The quantitative estimate of drug-likeness (QED) is 0.0301. The van der Waals surface area contributed by atoms with Gasteiger partial charge in [-0.15, -0.1) is 0 Å². The molecule has 260 valence electrons. The Labute approximate surface area is 269 Å². The summed E-state index contributed by atoms with van der Waals surface area (Å²) < 4.78 is 0. The summed E-state index contributed by atoms with van der Waals surface area (Å²) in [6.07, 6.45) is -1.12. The molecule has 0 aromatic carbocycles. The normalized spacial score (nSPS) is 12.8. The van der Waals surface area contributed by atoms with Crippen molar-refractivity contribution in [1.29, 1.82) is 0 Å². The summed E-state index contributed by atoms with van der Waals surface area (Å²) in [6, 6.07) is -5.16. The van der Waals surface area contributed by atoms with E-state index in [-0.39, 0.29) is 42.8 Å². The van der Waals surface area contributed by atoms with E-state index in [1.165, 1.54) is 6.92 Å². The minimum absolute atomic E-state index is 0.155. The second-order valence-corrected chi connectivity index (χ2v) is 11.6. The molecule has 46 heavy (non-hydrogen) atoms. The molecule has 0 aliphatic carbocycles. The van der Waals surface area contributed by atoms with Gasteiger partial charge in [0, 0.05) is 29.9 Å². The minimum atomic E-state index is -1.34. The molecule has 4 atom stereocenters. The van der Waals surface area contributed by atoms with E-state index in [2.05, 4.69) is 27.8 Å². The monoisotopic (exact) mass is 698 g/mol. The highest BCUT2D eigenvalue weighted by atomic mass is 33.1.